The molecule has 4 aromatic carbocycles. The van der Waals surface area contributed by atoms with E-state index in [0.717, 1.165) is 80.6 Å². The lowest BCUT2D eigenvalue weighted by molar-refractivity contribution is -0.0724. The van der Waals surface area contributed by atoms with E-state index in [-0.39, 0.29) is 33.7 Å². The van der Waals surface area contributed by atoms with E-state index >= 15 is 0 Å². The lowest BCUT2D eigenvalue weighted by Crippen LogP contribution is -2.52. The molecule has 0 saturated heterocycles. The Morgan fingerprint density at radius 1 is 0.581 bits per heavy atom. The van der Waals surface area contributed by atoms with Crippen molar-refractivity contribution in [2.75, 3.05) is 6.61 Å². The van der Waals surface area contributed by atoms with E-state index in [1.165, 1.54) is 68.8 Å². The van der Waals surface area contributed by atoms with Gasteiger partial charge in [-0.1, -0.05) is 85.7 Å². The Morgan fingerprint density at radius 2 is 1.10 bits per heavy atom. The average Bonchev–Trinajstić information content (AvgIpc) is 4.11. The van der Waals surface area contributed by atoms with Gasteiger partial charge in [-0.15, -0.1) is 0 Å². The van der Waals surface area contributed by atoms with E-state index in [2.05, 4.69) is 103 Å². The van der Waals surface area contributed by atoms with Gasteiger partial charge in [0.25, 0.3) is 0 Å². The minimum atomic E-state index is -0.280. The summed E-state index contributed by atoms with van der Waals surface area (Å²) in [5.41, 5.74) is 13.8. The Bertz CT molecular complexity index is 2800. The molecule has 12 rings (SSSR count). The fourth-order valence-electron chi connectivity index (χ4n) is 11.5. The molecule has 4 aliphatic carbocycles. The molecular weight excluding hydrogens is 775 g/mol. The van der Waals surface area contributed by atoms with Crippen LogP contribution in [0.2, 0.25) is 0 Å². The number of aromatic nitrogens is 4. The monoisotopic (exact) mass is 824 g/mol. The molecular formula is C54H50F2N4O2. The van der Waals surface area contributed by atoms with E-state index in [9.17, 15) is 8.78 Å². The average molecular weight is 825 g/mol. The predicted molar refractivity (Wildman–Crippen MR) is 240 cm³/mol. The summed E-state index contributed by atoms with van der Waals surface area (Å²) in [5, 5.41) is 9.32. The van der Waals surface area contributed by atoms with Gasteiger partial charge in [-0.05, 0) is 152 Å². The number of hydrogen-bond donors (Lipinski definition) is 0. The normalized spacial score (nSPS) is 26.8. The van der Waals surface area contributed by atoms with Gasteiger partial charge in [-0.2, -0.15) is 10.2 Å². The number of nitrogens with zero attached hydrogens (tertiary/aromatic N) is 4. The third-order valence-corrected chi connectivity index (χ3v) is 15.1. The van der Waals surface area contributed by atoms with Crippen LogP contribution in [-0.4, -0.2) is 37.4 Å². The molecule has 6 aliphatic rings. The zero-order valence-electron chi connectivity index (χ0n) is 35.3. The summed E-state index contributed by atoms with van der Waals surface area (Å²) >= 11 is 0. The molecule has 4 atom stereocenters. The molecule has 0 unspecified atom stereocenters. The van der Waals surface area contributed by atoms with E-state index < -0.39 is 0 Å². The van der Waals surface area contributed by atoms with Crippen molar-refractivity contribution in [3.05, 3.63) is 190 Å². The third-order valence-electron chi connectivity index (χ3n) is 15.1. The van der Waals surface area contributed by atoms with Gasteiger partial charge >= 0.3 is 0 Å². The summed E-state index contributed by atoms with van der Waals surface area (Å²) in [6.07, 6.45) is 22.2. The Morgan fingerprint density at radius 3 is 1.68 bits per heavy atom. The first-order valence-electron chi connectivity index (χ1n) is 22.1. The number of ether oxygens (including phenoxy) is 2. The molecule has 2 aromatic heterocycles. The van der Waals surface area contributed by atoms with Gasteiger partial charge in [0.05, 0.1) is 53.6 Å². The van der Waals surface area contributed by atoms with Crippen LogP contribution in [-0.2, 0) is 22.3 Å². The molecule has 0 radical (unpaired) electrons. The van der Waals surface area contributed by atoms with Crippen molar-refractivity contribution in [1.29, 1.82) is 0 Å². The van der Waals surface area contributed by atoms with Gasteiger partial charge in [0.2, 0.25) is 0 Å². The van der Waals surface area contributed by atoms with Crippen molar-refractivity contribution >= 4 is 23.3 Å². The Labute approximate surface area is 361 Å². The van der Waals surface area contributed by atoms with Crippen LogP contribution < -0.4 is 0 Å². The smallest absolute Gasteiger partial charge is 0.123 e. The van der Waals surface area contributed by atoms with Crippen LogP contribution >= 0.6 is 0 Å². The Kier molecular flexibility index (Phi) is 9.23. The second-order valence-corrected chi connectivity index (χ2v) is 18.5. The number of rotatable bonds is 4. The Balaban J connectivity index is 0.000000139. The van der Waals surface area contributed by atoms with Crippen LogP contribution in [0.15, 0.2) is 145 Å². The van der Waals surface area contributed by atoms with E-state index in [0.29, 0.717) is 6.61 Å². The molecule has 0 amide bonds. The molecule has 6 aromatic rings. The number of fused-ring (bicyclic) bond motifs is 6. The topological polar surface area (TPSA) is 54.1 Å². The second-order valence-electron chi connectivity index (χ2n) is 18.5. The van der Waals surface area contributed by atoms with Crippen molar-refractivity contribution in [3.63, 3.8) is 0 Å². The van der Waals surface area contributed by atoms with E-state index in [1.807, 2.05) is 28.0 Å². The molecule has 4 heterocycles. The first-order chi connectivity index (χ1) is 30.2. The highest BCUT2D eigenvalue weighted by molar-refractivity contribution is 5.72. The maximum atomic E-state index is 13.4. The molecule has 2 saturated carbocycles. The van der Waals surface area contributed by atoms with Crippen LogP contribution in [0, 0.1) is 22.5 Å². The first-order valence-corrected chi connectivity index (χ1v) is 22.1. The van der Waals surface area contributed by atoms with Gasteiger partial charge in [-0.25, -0.2) is 18.1 Å². The largest absolute Gasteiger partial charge is 0.493 e. The molecule has 312 valence electrons. The maximum absolute atomic E-state index is 13.4. The molecule has 0 bridgehead atoms. The van der Waals surface area contributed by atoms with E-state index in [4.69, 9.17) is 9.47 Å². The zero-order chi connectivity index (χ0) is 42.1. The standard InChI is InChI=1S/2C27H25FN2O/c2*1-26-15-20-17-29-30(24-11-9-23(28)10-12-24)25(20)14-22(26)8-5-13-27(26)16-21(18-31-27)19-6-3-2-4-7-19/h2-4,6-7,9-12,14,17-18H,5,8,13,15-16H2,1H3;2-4,6-7,9-12,14,16-17H,5,8,13,15,18H2,1H3/t2*26-,27+/m00/s1. The van der Waals surface area contributed by atoms with E-state index in [1.54, 1.807) is 24.3 Å². The molecule has 2 aliphatic heterocycles. The molecule has 2 fully saturated rings. The number of halogens is 2. The Hall–Kier alpha value is -6.12. The van der Waals surface area contributed by atoms with Crippen molar-refractivity contribution in [2.24, 2.45) is 10.8 Å². The van der Waals surface area contributed by atoms with Gasteiger partial charge in [-0.3, -0.25) is 0 Å². The lowest BCUT2D eigenvalue weighted by Gasteiger charge is -2.52. The maximum Gasteiger partial charge on any atom is 0.123 e. The second kappa shape index (κ2) is 14.8. The van der Waals surface area contributed by atoms with Crippen LogP contribution in [0.25, 0.3) is 34.7 Å². The van der Waals surface area contributed by atoms with Crippen molar-refractivity contribution in [3.8, 4) is 11.4 Å². The molecule has 6 nitrogen and oxygen atoms in total. The van der Waals surface area contributed by atoms with Crippen molar-refractivity contribution < 1.29 is 18.3 Å². The summed E-state index contributed by atoms with van der Waals surface area (Å²) in [5.74, 6) is -0.464. The van der Waals surface area contributed by atoms with Gasteiger partial charge in [0.15, 0.2) is 0 Å². The summed E-state index contributed by atoms with van der Waals surface area (Å²) in [4.78, 5) is 0. The van der Waals surface area contributed by atoms with Gasteiger partial charge in [0.1, 0.15) is 17.2 Å². The van der Waals surface area contributed by atoms with Crippen LogP contribution in [0.4, 0.5) is 8.78 Å². The zero-order valence-corrected chi connectivity index (χ0v) is 35.3. The highest BCUT2D eigenvalue weighted by atomic mass is 19.1. The van der Waals surface area contributed by atoms with Gasteiger partial charge in [0, 0.05) is 17.3 Å². The number of hydrogen-bond acceptors (Lipinski definition) is 4. The molecule has 62 heavy (non-hydrogen) atoms. The summed E-state index contributed by atoms with van der Waals surface area (Å²) < 4.78 is 43.9. The third kappa shape index (κ3) is 6.20. The highest BCUT2D eigenvalue weighted by Gasteiger charge is 2.58. The van der Waals surface area contributed by atoms with Crippen LogP contribution in [0.5, 0.6) is 0 Å². The van der Waals surface area contributed by atoms with Crippen LogP contribution in [0.3, 0.4) is 0 Å². The minimum Gasteiger partial charge on any atom is -0.493 e. The van der Waals surface area contributed by atoms with Crippen molar-refractivity contribution in [2.45, 2.75) is 82.8 Å². The summed E-state index contributed by atoms with van der Waals surface area (Å²) in [7, 11) is 0. The molecule has 0 N–H and O–H groups in total. The SMILES string of the molecule is C[C@]12Cc3cnn(-c4ccc(F)cc4)c3C=C1CCC[C@@]21C=C(c2ccccc2)CO1.C[C@]12Cc3cnn(-c4ccc(F)cc4)c3C=C1CCC[C@@]21CC(c2ccccc2)=CO1. The number of benzene rings is 4. The predicted octanol–water partition coefficient (Wildman–Crippen LogP) is 12.3. The highest BCUT2D eigenvalue weighted by Crippen LogP contribution is 2.60. The molecule has 2 spiro atoms. The quantitative estimate of drug-likeness (QED) is 0.178. The fourth-order valence-corrected chi connectivity index (χ4v) is 11.5. The minimum absolute atomic E-state index is 0.0675. The van der Waals surface area contributed by atoms with Gasteiger partial charge < -0.3 is 9.47 Å². The van der Waals surface area contributed by atoms with Crippen LogP contribution in [0.1, 0.15) is 92.4 Å². The first kappa shape index (κ1) is 38.8. The summed E-state index contributed by atoms with van der Waals surface area (Å²) in [6.45, 7) is 5.40. The summed E-state index contributed by atoms with van der Waals surface area (Å²) in [6, 6.07) is 34.2. The fraction of sp³-hybridized carbons (Fsp3) is 0.296. The van der Waals surface area contributed by atoms with Crippen molar-refractivity contribution in [1.82, 2.24) is 19.6 Å². The molecule has 8 heteroatoms. The lowest BCUT2D eigenvalue weighted by atomic mass is 9.56.